The summed E-state index contributed by atoms with van der Waals surface area (Å²) >= 11 is 0. The molecule has 1 heterocycles. The second-order valence-electron chi connectivity index (χ2n) is 5.79. The van der Waals surface area contributed by atoms with Crippen molar-refractivity contribution in [2.75, 3.05) is 39.1 Å². The summed E-state index contributed by atoms with van der Waals surface area (Å²) in [6, 6.07) is 7.77. The Labute approximate surface area is 126 Å². The minimum atomic E-state index is -0.00806. The standard InChI is InChI=1S/C16H25N3O2/c1-12-11-19(2)9-8-15(12)17-10-16(20)18-13-4-6-14(21-3)7-5-13/h4-7,12,15,17H,8-11H2,1-3H3,(H,18,20). The van der Waals surface area contributed by atoms with Gasteiger partial charge in [-0.3, -0.25) is 4.79 Å². The SMILES string of the molecule is COc1ccc(NC(=O)CNC2CCN(C)CC2C)cc1. The molecule has 1 aliphatic rings. The number of nitrogens with zero attached hydrogens (tertiary/aromatic N) is 1. The van der Waals surface area contributed by atoms with Crippen molar-refractivity contribution >= 4 is 11.6 Å². The van der Waals surface area contributed by atoms with E-state index in [-0.39, 0.29) is 5.91 Å². The highest BCUT2D eigenvalue weighted by molar-refractivity contribution is 5.92. The van der Waals surface area contributed by atoms with E-state index in [4.69, 9.17) is 4.74 Å². The summed E-state index contributed by atoms with van der Waals surface area (Å²) in [6.45, 7) is 4.75. The van der Waals surface area contributed by atoms with E-state index in [0.29, 0.717) is 18.5 Å². The molecule has 1 saturated heterocycles. The molecule has 1 amide bonds. The maximum atomic E-state index is 12.0. The number of hydrogen-bond acceptors (Lipinski definition) is 4. The van der Waals surface area contributed by atoms with Crippen LogP contribution in [0.3, 0.4) is 0 Å². The molecular formula is C16H25N3O2. The van der Waals surface area contributed by atoms with E-state index in [1.807, 2.05) is 24.3 Å². The van der Waals surface area contributed by atoms with Gasteiger partial charge in [0.05, 0.1) is 13.7 Å². The molecule has 116 valence electrons. The maximum absolute atomic E-state index is 12.0. The lowest BCUT2D eigenvalue weighted by Crippen LogP contribution is -2.48. The number of carbonyl (C=O) groups excluding carboxylic acids is 1. The van der Waals surface area contributed by atoms with Gasteiger partial charge in [-0.1, -0.05) is 6.92 Å². The Hall–Kier alpha value is -1.59. The van der Waals surface area contributed by atoms with Gasteiger partial charge in [0.2, 0.25) is 5.91 Å². The van der Waals surface area contributed by atoms with Crippen LogP contribution in [0.5, 0.6) is 5.75 Å². The van der Waals surface area contributed by atoms with Crippen molar-refractivity contribution in [3.05, 3.63) is 24.3 Å². The molecular weight excluding hydrogens is 266 g/mol. The van der Waals surface area contributed by atoms with Crippen molar-refractivity contribution in [3.63, 3.8) is 0 Å². The van der Waals surface area contributed by atoms with Crippen LogP contribution in [0.25, 0.3) is 0 Å². The van der Waals surface area contributed by atoms with E-state index in [1.165, 1.54) is 0 Å². The van der Waals surface area contributed by atoms with Gasteiger partial charge in [0, 0.05) is 18.3 Å². The zero-order valence-electron chi connectivity index (χ0n) is 13.1. The molecule has 2 N–H and O–H groups in total. The van der Waals surface area contributed by atoms with E-state index in [9.17, 15) is 4.79 Å². The summed E-state index contributed by atoms with van der Waals surface area (Å²) in [5.74, 6) is 1.34. The fraction of sp³-hybridized carbons (Fsp3) is 0.562. The molecule has 0 saturated carbocycles. The van der Waals surface area contributed by atoms with Gasteiger partial charge >= 0.3 is 0 Å². The predicted octanol–water partition coefficient (Wildman–Crippen LogP) is 1.56. The highest BCUT2D eigenvalue weighted by Crippen LogP contribution is 2.16. The van der Waals surface area contributed by atoms with E-state index in [2.05, 4.69) is 29.5 Å². The highest BCUT2D eigenvalue weighted by Gasteiger charge is 2.24. The van der Waals surface area contributed by atoms with Crippen LogP contribution in [0.4, 0.5) is 5.69 Å². The van der Waals surface area contributed by atoms with Crippen molar-refractivity contribution < 1.29 is 9.53 Å². The number of ether oxygens (including phenoxy) is 1. The van der Waals surface area contributed by atoms with Gasteiger partial charge in [-0.15, -0.1) is 0 Å². The summed E-state index contributed by atoms with van der Waals surface area (Å²) < 4.78 is 5.09. The predicted molar refractivity (Wildman–Crippen MR) is 84.7 cm³/mol. The zero-order valence-corrected chi connectivity index (χ0v) is 13.1. The number of anilines is 1. The van der Waals surface area contributed by atoms with Crippen molar-refractivity contribution in [1.82, 2.24) is 10.2 Å². The summed E-state index contributed by atoms with van der Waals surface area (Å²) in [5, 5.41) is 6.26. The first kappa shape index (κ1) is 15.8. The number of amides is 1. The van der Waals surface area contributed by atoms with Crippen LogP contribution in [0.1, 0.15) is 13.3 Å². The molecule has 1 aromatic rings. The van der Waals surface area contributed by atoms with E-state index in [0.717, 1.165) is 30.9 Å². The molecule has 0 bridgehead atoms. The van der Waals surface area contributed by atoms with Crippen LogP contribution < -0.4 is 15.4 Å². The molecule has 0 spiro atoms. The Bertz CT molecular complexity index is 461. The molecule has 1 fully saturated rings. The van der Waals surface area contributed by atoms with Gasteiger partial charge in [-0.2, -0.15) is 0 Å². The molecule has 21 heavy (non-hydrogen) atoms. The second kappa shape index (κ2) is 7.43. The molecule has 2 unspecified atom stereocenters. The summed E-state index contributed by atoms with van der Waals surface area (Å²) in [5.41, 5.74) is 0.791. The maximum Gasteiger partial charge on any atom is 0.238 e. The Kier molecular flexibility index (Phi) is 5.59. The number of piperidine rings is 1. The lowest BCUT2D eigenvalue weighted by molar-refractivity contribution is -0.115. The van der Waals surface area contributed by atoms with Gasteiger partial charge in [-0.05, 0) is 50.2 Å². The Balaban J connectivity index is 1.76. The average Bonchev–Trinajstić information content (AvgIpc) is 2.47. The zero-order chi connectivity index (χ0) is 15.2. The Morgan fingerprint density at radius 1 is 1.38 bits per heavy atom. The first-order valence-corrected chi connectivity index (χ1v) is 7.44. The van der Waals surface area contributed by atoms with Crippen LogP contribution in [-0.2, 0) is 4.79 Å². The molecule has 5 heteroatoms. The molecule has 0 radical (unpaired) electrons. The normalized spacial score (nSPS) is 22.8. The Morgan fingerprint density at radius 3 is 2.71 bits per heavy atom. The first-order valence-electron chi connectivity index (χ1n) is 7.44. The lowest BCUT2D eigenvalue weighted by atomic mass is 9.94. The van der Waals surface area contributed by atoms with Crippen LogP contribution in [0.15, 0.2) is 24.3 Å². The number of likely N-dealkylation sites (tertiary alicyclic amines) is 1. The molecule has 2 atom stereocenters. The fourth-order valence-electron chi connectivity index (χ4n) is 2.76. The first-order chi connectivity index (χ1) is 10.1. The topological polar surface area (TPSA) is 53.6 Å². The third-order valence-corrected chi connectivity index (χ3v) is 4.01. The molecule has 0 aromatic heterocycles. The minimum absolute atomic E-state index is 0.00806. The molecule has 2 rings (SSSR count). The highest BCUT2D eigenvalue weighted by atomic mass is 16.5. The van der Waals surface area contributed by atoms with Gasteiger partial charge in [0.1, 0.15) is 5.75 Å². The monoisotopic (exact) mass is 291 g/mol. The van der Waals surface area contributed by atoms with Crippen LogP contribution >= 0.6 is 0 Å². The van der Waals surface area contributed by atoms with E-state index >= 15 is 0 Å². The number of hydrogen-bond donors (Lipinski definition) is 2. The summed E-state index contributed by atoms with van der Waals surface area (Å²) in [6.07, 6.45) is 1.09. The second-order valence-corrected chi connectivity index (χ2v) is 5.79. The smallest absolute Gasteiger partial charge is 0.238 e. The van der Waals surface area contributed by atoms with Gasteiger partial charge < -0.3 is 20.3 Å². The van der Waals surface area contributed by atoms with Crippen molar-refractivity contribution in [2.45, 2.75) is 19.4 Å². The number of benzene rings is 1. The van der Waals surface area contributed by atoms with Crippen molar-refractivity contribution in [1.29, 1.82) is 0 Å². The number of nitrogens with one attached hydrogen (secondary N) is 2. The average molecular weight is 291 g/mol. The van der Waals surface area contributed by atoms with Crippen molar-refractivity contribution in [2.24, 2.45) is 5.92 Å². The van der Waals surface area contributed by atoms with E-state index < -0.39 is 0 Å². The number of carbonyl (C=O) groups is 1. The van der Waals surface area contributed by atoms with Gasteiger partial charge in [0.25, 0.3) is 0 Å². The third kappa shape index (κ3) is 4.72. The van der Waals surface area contributed by atoms with Gasteiger partial charge in [0.15, 0.2) is 0 Å². The van der Waals surface area contributed by atoms with E-state index in [1.54, 1.807) is 7.11 Å². The summed E-state index contributed by atoms with van der Waals surface area (Å²) in [4.78, 5) is 14.3. The third-order valence-electron chi connectivity index (χ3n) is 4.01. The van der Waals surface area contributed by atoms with Crippen molar-refractivity contribution in [3.8, 4) is 5.75 Å². The fourth-order valence-corrected chi connectivity index (χ4v) is 2.76. The van der Waals surface area contributed by atoms with Crippen LogP contribution in [0.2, 0.25) is 0 Å². The molecule has 5 nitrogen and oxygen atoms in total. The van der Waals surface area contributed by atoms with Crippen LogP contribution in [0, 0.1) is 5.92 Å². The van der Waals surface area contributed by atoms with Gasteiger partial charge in [-0.25, -0.2) is 0 Å². The molecule has 1 aromatic carbocycles. The largest absolute Gasteiger partial charge is 0.497 e. The summed E-state index contributed by atoms with van der Waals surface area (Å²) in [7, 11) is 3.77. The minimum Gasteiger partial charge on any atom is -0.497 e. The Morgan fingerprint density at radius 2 is 2.10 bits per heavy atom. The molecule has 1 aliphatic heterocycles. The number of methoxy groups -OCH3 is 1. The quantitative estimate of drug-likeness (QED) is 0.864. The van der Waals surface area contributed by atoms with Crippen LogP contribution in [-0.4, -0.2) is 50.6 Å². The lowest BCUT2D eigenvalue weighted by Gasteiger charge is -2.35. The number of rotatable bonds is 5. The molecule has 0 aliphatic carbocycles.